The molecule has 1 rings (SSSR count). The summed E-state index contributed by atoms with van der Waals surface area (Å²) in [4.78, 5) is 12.0. The molecule has 2 N–H and O–H groups in total. The van der Waals surface area contributed by atoms with E-state index in [9.17, 15) is 4.79 Å². The average Bonchev–Trinajstić information content (AvgIpc) is 2.33. The lowest BCUT2D eigenvalue weighted by Crippen LogP contribution is -2.26. The summed E-state index contributed by atoms with van der Waals surface area (Å²) in [6.07, 6.45) is 0.644. The number of anilines is 1. The van der Waals surface area contributed by atoms with Crippen LogP contribution < -0.4 is 5.32 Å². The minimum absolute atomic E-state index is 0.101. The third kappa shape index (κ3) is 3.33. The van der Waals surface area contributed by atoms with Gasteiger partial charge in [0, 0.05) is 5.69 Å². The van der Waals surface area contributed by atoms with Crippen LogP contribution in [0.3, 0.4) is 0 Å². The molecule has 0 aliphatic heterocycles. The highest BCUT2D eigenvalue weighted by molar-refractivity contribution is 5.94. The fourth-order valence-corrected chi connectivity index (χ4v) is 1.97. The number of rotatable bonds is 5. The molecular weight excluding hydrogens is 226 g/mol. The minimum atomic E-state index is -0.329. The normalized spacial score (nSPS) is 12.6. The first-order valence-electron chi connectivity index (χ1n) is 6.52. The molecule has 0 aliphatic rings. The third-order valence-corrected chi connectivity index (χ3v) is 3.26. The molecule has 0 spiro atoms. The molecule has 1 atom stereocenters. The van der Waals surface area contributed by atoms with Gasteiger partial charge in [0.2, 0.25) is 5.91 Å². The van der Waals surface area contributed by atoms with Crippen molar-refractivity contribution in [2.45, 2.75) is 40.0 Å². The summed E-state index contributed by atoms with van der Waals surface area (Å²) in [6.45, 7) is 8.00. The summed E-state index contributed by atoms with van der Waals surface area (Å²) in [5.74, 6) is -0.0739. The van der Waals surface area contributed by atoms with Gasteiger partial charge in [0.05, 0.1) is 12.5 Å². The molecule has 1 unspecified atom stereocenters. The van der Waals surface area contributed by atoms with Gasteiger partial charge in [-0.05, 0) is 30.4 Å². The fourth-order valence-electron chi connectivity index (χ4n) is 1.97. The molecule has 3 heteroatoms. The van der Waals surface area contributed by atoms with Crippen molar-refractivity contribution in [3.8, 4) is 0 Å². The van der Waals surface area contributed by atoms with Crippen LogP contribution in [0.25, 0.3) is 0 Å². The first-order valence-corrected chi connectivity index (χ1v) is 6.52. The second-order valence-corrected chi connectivity index (χ2v) is 4.97. The zero-order chi connectivity index (χ0) is 13.7. The summed E-state index contributed by atoms with van der Waals surface area (Å²) < 4.78 is 0. The molecule has 0 aromatic heterocycles. The van der Waals surface area contributed by atoms with Crippen LogP contribution in [0, 0.1) is 12.8 Å². The van der Waals surface area contributed by atoms with Gasteiger partial charge in [-0.15, -0.1) is 0 Å². The van der Waals surface area contributed by atoms with Crippen LogP contribution >= 0.6 is 0 Å². The van der Waals surface area contributed by atoms with Crippen molar-refractivity contribution in [3.63, 3.8) is 0 Å². The molecule has 18 heavy (non-hydrogen) atoms. The minimum Gasteiger partial charge on any atom is -0.396 e. The molecule has 100 valence electrons. The molecule has 0 saturated heterocycles. The maximum atomic E-state index is 12.0. The zero-order valence-corrected chi connectivity index (χ0v) is 11.7. The SMILES string of the molecule is CCC(CO)C(=O)Nc1c(C)cccc1C(C)C. The van der Waals surface area contributed by atoms with E-state index in [0.717, 1.165) is 16.8 Å². The quantitative estimate of drug-likeness (QED) is 0.842. The van der Waals surface area contributed by atoms with E-state index in [2.05, 4.69) is 19.2 Å². The van der Waals surface area contributed by atoms with E-state index < -0.39 is 0 Å². The van der Waals surface area contributed by atoms with Gasteiger partial charge in [0.1, 0.15) is 0 Å². The molecule has 1 aromatic rings. The number of hydrogen-bond donors (Lipinski definition) is 2. The molecule has 0 heterocycles. The predicted octanol–water partition coefficient (Wildman–Crippen LogP) is 3.08. The van der Waals surface area contributed by atoms with Crippen LogP contribution in [0.15, 0.2) is 18.2 Å². The van der Waals surface area contributed by atoms with Gasteiger partial charge in [-0.3, -0.25) is 4.79 Å². The van der Waals surface area contributed by atoms with E-state index in [-0.39, 0.29) is 18.4 Å². The monoisotopic (exact) mass is 249 g/mol. The van der Waals surface area contributed by atoms with E-state index in [0.29, 0.717) is 12.3 Å². The van der Waals surface area contributed by atoms with Crippen LogP contribution in [0.4, 0.5) is 5.69 Å². The molecule has 1 aromatic carbocycles. The van der Waals surface area contributed by atoms with Crippen molar-refractivity contribution in [2.24, 2.45) is 5.92 Å². The van der Waals surface area contributed by atoms with E-state index >= 15 is 0 Å². The first kappa shape index (κ1) is 14.7. The Labute approximate surface area is 109 Å². The predicted molar refractivity (Wildman–Crippen MR) is 74.8 cm³/mol. The molecule has 0 saturated carbocycles. The van der Waals surface area contributed by atoms with Crippen molar-refractivity contribution in [1.29, 1.82) is 0 Å². The summed E-state index contributed by atoms with van der Waals surface area (Å²) >= 11 is 0. The van der Waals surface area contributed by atoms with E-state index in [1.165, 1.54) is 0 Å². The topological polar surface area (TPSA) is 49.3 Å². The Balaban J connectivity index is 2.99. The Hall–Kier alpha value is -1.35. The van der Waals surface area contributed by atoms with E-state index in [4.69, 9.17) is 5.11 Å². The number of aliphatic hydroxyl groups excluding tert-OH is 1. The van der Waals surface area contributed by atoms with Gasteiger partial charge >= 0.3 is 0 Å². The molecular formula is C15H23NO2. The number of para-hydroxylation sites is 1. The van der Waals surface area contributed by atoms with Crippen molar-refractivity contribution >= 4 is 11.6 Å². The Morgan fingerprint density at radius 2 is 2.06 bits per heavy atom. The van der Waals surface area contributed by atoms with Gasteiger partial charge in [-0.2, -0.15) is 0 Å². The highest BCUT2D eigenvalue weighted by Gasteiger charge is 2.18. The number of aliphatic hydroxyl groups is 1. The number of benzene rings is 1. The number of nitrogens with one attached hydrogen (secondary N) is 1. The van der Waals surface area contributed by atoms with Crippen LogP contribution in [0.2, 0.25) is 0 Å². The number of carbonyl (C=O) groups is 1. The van der Waals surface area contributed by atoms with Crippen LogP contribution in [0.5, 0.6) is 0 Å². The standard InChI is InChI=1S/C15H23NO2/c1-5-12(9-17)15(18)16-14-11(4)7-6-8-13(14)10(2)3/h6-8,10,12,17H,5,9H2,1-4H3,(H,16,18). The zero-order valence-electron chi connectivity index (χ0n) is 11.7. The molecule has 0 bridgehead atoms. The maximum absolute atomic E-state index is 12.0. The number of carbonyl (C=O) groups excluding carboxylic acids is 1. The fraction of sp³-hybridized carbons (Fsp3) is 0.533. The second kappa shape index (κ2) is 6.55. The number of hydrogen-bond acceptors (Lipinski definition) is 2. The van der Waals surface area contributed by atoms with Gasteiger partial charge in [-0.25, -0.2) is 0 Å². The third-order valence-electron chi connectivity index (χ3n) is 3.26. The highest BCUT2D eigenvalue weighted by atomic mass is 16.3. The van der Waals surface area contributed by atoms with Crippen molar-refractivity contribution in [2.75, 3.05) is 11.9 Å². The largest absolute Gasteiger partial charge is 0.396 e. The van der Waals surface area contributed by atoms with Crippen molar-refractivity contribution < 1.29 is 9.90 Å². The lowest BCUT2D eigenvalue weighted by atomic mass is 9.97. The molecule has 0 radical (unpaired) electrons. The van der Waals surface area contributed by atoms with E-state index in [1.54, 1.807) is 0 Å². The second-order valence-electron chi connectivity index (χ2n) is 4.97. The van der Waals surface area contributed by atoms with Gasteiger partial charge in [-0.1, -0.05) is 39.0 Å². The Morgan fingerprint density at radius 3 is 2.56 bits per heavy atom. The summed E-state index contributed by atoms with van der Waals surface area (Å²) in [5, 5.41) is 12.1. The Morgan fingerprint density at radius 1 is 1.39 bits per heavy atom. The number of amides is 1. The lowest BCUT2D eigenvalue weighted by molar-refractivity contribution is -0.121. The van der Waals surface area contributed by atoms with Gasteiger partial charge in [0.15, 0.2) is 0 Å². The van der Waals surface area contributed by atoms with Crippen molar-refractivity contribution in [1.82, 2.24) is 0 Å². The van der Waals surface area contributed by atoms with Crippen LogP contribution in [-0.2, 0) is 4.79 Å². The smallest absolute Gasteiger partial charge is 0.229 e. The molecule has 0 fully saturated rings. The Bertz CT molecular complexity index is 409. The van der Waals surface area contributed by atoms with Crippen LogP contribution in [-0.4, -0.2) is 17.6 Å². The summed E-state index contributed by atoms with van der Waals surface area (Å²) in [6, 6.07) is 6.03. The molecule has 3 nitrogen and oxygen atoms in total. The molecule has 0 aliphatic carbocycles. The van der Waals surface area contributed by atoms with Crippen LogP contribution in [0.1, 0.15) is 44.2 Å². The van der Waals surface area contributed by atoms with Gasteiger partial charge in [0.25, 0.3) is 0 Å². The Kier molecular flexibility index (Phi) is 5.35. The summed E-state index contributed by atoms with van der Waals surface area (Å²) in [7, 11) is 0. The maximum Gasteiger partial charge on any atom is 0.229 e. The highest BCUT2D eigenvalue weighted by Crippen LogP contribution is 2.27. The summed E-state index contributed by atoms with van der Waals surface area (Å²) in [5.41, 5.74) is 3.09. The van der Waals surface area contributed by atoms with E-state index in [1.807, 2.05) is 32.0 Å². The van der Waals surface area contributed by atoms with Crippen molar-refractivity contribution in [3.05, 3.63) is 29.3 Å². The number of aryl methyl sites for hydroxylation is 1. The molecule has 1 amide bonds. The average molecular weight is 249 g/mol. The lowest BCUT2D eigenvalue weighted by Gasteiger charge is -2.19. The van der Waals surface area contributed by atoms with Gasteiger partial charge < -0.3 is 10.4 Å². The first-order chi connectivity index (χ1) is 8.51.